The van der Waals surface area contributed by atoms with E-state index in [2.05, 4.69) is 26.1 Å². The molecule has 0 fully saturated rings. The molecule has 0 spiro atoms. The van der Waals surface area contributed by atoms with Gasteiger partial charge in [-0.15, -0.1) is 0 Å². The summed E-state index contributed by atoms with van der Waals surface area (Å²) in [6.45, 7) is 7.45. The molecule has 0 aliphatic carbocycles. The zero-order chi connectivity index (χ0) is 21.0. The lowest BCUT2D eigenvalue weighted by atomic mass is 9.79. The lowest BCUT2D eigenvalue weighted by Gasteiger charge is -2.42. The van der Waals surface area contributed by atoms with Crippen LogP contribution in [0.4, 0.5) is 0 Å². The van der Waals surface area contributed by atoms with Gasteiger partial charge in [-0.1, -0.05) is 69.1 Å². The van der Waals surface area contributed by atoms with Crippen LogP contribution in [0, 0.1) is 5.92 Å². The Bertz CT molecular complexity index is 881. The van der Waals surface area contributed by atoms with E-state index in [1.165, 1.54) is 0 Å². The first-order chi connectivity index (χ1) is 13.9. The predicted octanol–water partition coefficient (Wildman–Crippen LogP) is 5.19. The summed E-state index contributed by atoms with van der Waals surface area (Å²) in [5.74, 6) is -0.199. The molecule has 2 aromatic carbocycles. The van der Waals surface area contributed by atoms with Crippen molar-refractivity contribution in [3.8, 4) is 0 Å². The maximum absolute atomic E-state index is 13.4. The third-order valence-corrected chi connectivity index (χ3v) is 5.58. The van der Waals surface area contributed by atoms with Crippen LogP contribution in [0.5, 0.6) is 0 Å². The van der Waals surface area contributed by atoms with E-state index in [1.54, 1.807) is 0 Å². The Kier molecular flexibility index (Phi) is 6.96. The van der Waals surface area contributed by atoms with E-state index >= 15 is 0 Å². The van der Waals surface area contributed by atoms with Crippen LogP contribution in [-0.2, 0) is 4.79 Å². The van der Waals surface area contributed by atoms with Crippen LogP contribution in [0.2, 0.25) is 5.02 Å². The third kappa shape index (κ3) is 4.64. The van der Waals surface area contributed by atoms with Crippen molar-refractivity contribution in [3.05, 3.63) is 70.2 Å². The van der Waals surface area contributed by atoms with Gasteiger partial charge in [0.1, 0.15) is 0 Å². The number of fused-ring (bicyclic) bond motifs is 1. The number of benzene rings is 2. The van der Waals surface area contributed by atoms with Crippen molar-refractivity contribution in [2.75, 3.05) is 13.1 Å². The normalized spacial score (nSPS) is 18.7. The average Bonchev–Trinajstić information content (AvgIpc) is 2.71. The first-order valence-electron chi connectivity index (χ1n) is 10.4. The molecule has 0 bridgehead atoms. The van der Waals surface area contributed by atoms with Gasteiger partial charge in [0.05, 0.1) is 12.0 Å². The van der Waals surface area contributed by atoms with Crippen LogP contribution in [0.1, 0.15) is 67.1 Å². The topological polar surface area (TPSA) is 49.4 Å². The van der Waals surface area contributed by atoms with Crippen molar-refractivity contribution < 1.29 is 9.59 Å². The van der Waals surface area contributed by atoms with Crippen LogP contribution in [-0.4, -0.2) is 29.8 Å². The fourth-order valence-corrected chi connectivity index (χ4v) is 4.12. The molecule has 2 atom stereocenters. The van der Waals surface area contributed by atoms with Crippen LogP contribution >= 0.6 is 11.6 Å². The molecule has 0 saturated heterocycles. The molecule has 1 aliphatic heterocycles. The highest BCUT2D eigenvalue weighted by atomic mass is 35.5. The minimum absolute atomic E-state index is 0.0214. The smallest absolute Gasteiger partial charge is 0.254 e. The summed E-state index contributed by atoms with van der Waals surface area (Å²) in [5, 5.41) is 3.69. The van der Waals surface area contributed by atoms with Gasteiger partial charge >= 0.3 is 0 Å². The minimum Gasteiger partial charge on any atom is -0.355 e. The number of carbonyl (C=O) groups excluding carboxylic acids is 2. The van der Waals surface area contributed by atoms with Gasteiger partial charge in [0.15, 0.2) is 0 Å². The van der Waals surface area contributed by atoms with E-state index in [-0.39, 0.29) is 17.9 Å². The Morgan fingerprint density at radius 3 is 2.62 bits per heavy atom. The Labute approximate surface area is 178 Å². The lowest BCUT2D eigenvalue weighted by molar-refractivity contribution is -0.124. The van der Waals surface area contributed by atoms with E-state index in [0.717, 1.165) is 24.0 Å². The Balaban J connectivity index is 2.13. The van der Waals surface area contributed by atoms with Crippen molar-refractivity contribution in [3.63, 3.8) is 0 Å². The molecule has 2 amide bonds. The first kappa shape index (κ1) is 21.4. The predicted molar refractivity (Wildman–Crippen MR) is 117 cm³/mol. The summed E-state index contributed by atoms with van der Waals surface area (Å²) in [4.78, 5) is 28.6. The largest absolute Gasteiger partial charge is 0.355 e. The molecule has 4 nitrogen and oxygen atoms in total. The minimum atomic E-state index is -0.474. The standard InChI is InChI=1S/C24H29ClN2O2/c1-4-5-13-27-22(17-9-8-10-18(25)14-17)21(23(28)26-15-16(2)3)19-11-6-7-12-20(19)24(27)29/h6-12,14,16,21-22H,4-5,13,15H2,1-3H3,(H,26,28)/t21-,22+/m1/s1. The number of nitrogens with one attached hydrogen (secondary N) is 1. The van der Waals surface area contributed by atoms with Crippen molar-refractivity contribution in [1.29, 1.82) is 0 Å². The highest BCUT2D eigenvalue weighted by molar-refractivity contribution is 6.30. The number of carbonyl (C=O) groups is 2. The van der Waals surface area contributed by atoms with Crippen molar-refractivity contribution >= 4 is 23.4 Å². The monoisotopic (exact) mass is 412 g/mol. The van der Waals surface area contributed by atoms with Gasteiger partial charge in [0.2, 0.25) is 5.91 Å². The molecule has 1 heterocycles. The second-order valence-electron chi connectivity index (χ2n) is 8.06. The average molecular weight is 413 g/mol. The molecular formula is C24H29ClN2O2. The quantitative estimate of drug-likeness (QED) is 0.680. The maximum Gasteiger partial charge on any atom is 0.254 e. The molecule has 1 aliphatic rings. The zero-order valence-corrected chi connectivity index (χ0v) is 18.1. The van der Waals surface area contributed by atoms with Crippen LogP contribution in [0.25, 0.3) is 0 Å². The number of halogens is 1. The molecular weight excluding hydrogens is 384 g/mol. The van der Waals surface area contributed by atoms with Crippen LogP contribution < -0.4 is 5.32 Å². The third-order valence-electron chi connectivity index (χ3n) is 5.35. The van der Waals surface area contributed by atoms with Crippen molar-refractivity contribution in [2.24, 2.45) is 5.92 Å². The summed E-state index contributed by atoms with van der Waals surface area (Å²) in [5.41, 5.74) is 2.30. The molecule has 154 valence electrons. The number of hydrogen-bond donors (Lipinski definition) is 1. The molecule has 1 N–H and O–H groups in total. The summed E-state index contributed by atoms with van der Waals surface area (Å²) < 4.78 is 0. The SMILES string of the molecule is CCCCN1C(=O)c2ccccc2[C@@H](C(=O)NCC(C)C)[C@@H]1c1cccc(Cl)c1. The lowest BCUT2D eigenvalue weighted by Crippen LogP contribution is -2.48. The Morgan fingerprint density at radius 2 is 1.93 bits per heavy atom. The van der Waals surface area contributed by atoms with Gasteiger partial charge < -0.3 is 10.2 Å². The molecule has 29 heavy (non-hydrogen) atoms. The summed E-state index contributed by atoms with van der Waals surface area (Å²) in [6.07, 6.45) is 1.85. The maximum atomic E-state index is 13.4. The Morgan fingerprint density at radius 1 is 1.17 bits per heavy atom. The van der Waals surface area contributed by atoms with Crippen LogP contribution in [0.3, 0.4) is 0 Å². The molecule has 0 unspecified atom stereocenters. The van der Waals surface area contributed by atoms with Gasteiger partial charge in [0.25, 0.3) is 5.91 Å². The van der Waals surface area contributed by atoms with Crippen molar-refractivity contribution in [2.45, 2.75) is 45.6 Å². The molecule has 0 radical (unpaired) electrons. The van der Waals surface area contributed by atoms with E-state index in [9.17, 15) is 9.59 Å². The fraction of sp³-hybridized carbons (Fsp3) is 0.417. The van der Waals surface area contributed by atoms with E-state index in [1.807, 2.05) is 53.4 Å². The molecule has 5 heteroatoms. The molecule has 3 rings (SSSR count). The highest BCUT2D eigenvalue weighted by Crippen LogP contribution is 2.43. The molecule has 2 aromatic rings. The van der Waals surface area contributed by atoms with Crippen LogP contribution in [0.15, 0.2) is 48.5 Å². The second kappa shape index (κ2) is 9.45. The van der Waals surface area contributed by atoms with Gasteiger partial charge in [0, 0.05) is 23.7 Å². The summed E-state index contributed by atoms with van der Waals surface area (Å²) >= 11 is 6.28. The van der Waals surface area contributed by atoms with E-state index < -0.39 is 5.92 Å². The van der Waals surface area contributed by atoms with Gasteiger partial charge in [-0.2, -0.15) is 0 Å². The number of rotatable bonds is 7. The molecule has 0 aromatic heterocycles. The van der Waals surface area contributed by atoms with Crippen molar-refractivity contribution in [1.82, 2.24) is 10.2 Å². The number of hydrogen-bond acceptors (Lipinski definition) is 2. The van der Waals surface area contributed by atoms with Gasteiger partial charge in [-0.05, 0) is 41.7 Å². The Hall–Kier alpha value is -2.33. The highest BCUT2D eigenvalue weighted by Gasteiger charge is 2.43. The van der Waals surface area contributed by atoms with Gasteiger partial charge in [-0.25, -0.2) is 0 Å². The first-order valence-corrected chi connectivity index (χ1v) is 10.7. The fourth-order valence-electron chi connectivity index (χ4n) is 3.93. The number of unbranched alkanes of at least 4 members (excludes halogenated alkanes) is 1. The molecule has 0 saturated carbocycles. The number of nitrogens with zero attached hydrogens (tertiary/aromatic N) is 1. The second-order valence-corrected chi connectivity index (χ2v) is 8.49. The zero-order valence-electron chi connectivity index (χ0n) is 17.3. The van der Waals surface area contributed by atoms with E-state index in [4.69, 9.17) is 11.6 Å². The van der Waals surface area contributed by atoms with E-state index in [0.29, 0.717) is 29.6 Å². The summed E-state index contributed by atoms with van der Waals surface area (Å²) in [6, 6.07) is 14.6. The van der Waals surface area contributed by atoms with Gasteiger partial charge in [-0.3, -0.25) is 9.59 Å². The summed E-state index contributed by atoms with van der Waals surface area (Å²) in [7, 11) is 0. The number of amides is 2.